The lowest BCUT2D eigenvalue weighted by Gasteiger charge is -2.06. The molecular weight excluding hydrogens is 340 g/mol. The molecule has 1 N–H and O–H groups in total. The predicted octanol–water partition coefficient (Wildman–Crippen LogP) is 5.42. The Morgan fingerprint density at radius 2 is 1.83 bits per heavy atom. The van der Waals surface area contributed by atoms with Crippen molar-refractivity contribution < 1.29 is 4.79 Å². The van der Waals surface area contributed by atoms with Crippen LogP contribution in [0, 0.1) is 0 Å². The van der Waals surface area contributed by atoms with Gasteiger partial charge < -0.3 is 5.32 Å². The van der Waals surface area contributed by atoms with Crippen LogP contribution in [0.15, 0.2) is 60.1 Å². The first-order chi connectivity index (χ1) is 11.7. The predicted molar refractivity (Wildman–Crippen MR) is 101 cm³/mol. The average Bonchev–Trinajstić information content (AvgIpc) is 3.12. The highest BCUT2D eigenvalue weighted by Gasteiger charge is 2.04. The molecule has 1 amide bonds. The number of aromatic nitrogens is 1. The Kier molecular flexibility index (Phi) is 5.62. The molecule has 1 aromatic heterocycles. The van der Waals surface area contributed by atoms with Gasteiger partial charge in [0.1, 0.15) is 5.01 Å². The number of carbonyl (C=O) groups is 1. The van der Waals surface area contributed by atoms with E-state index in [4.69, 9.17) is 11.6 Å². The molecule has 3 aromatic rings. The van der Waals surface area contributed by atoms with Crippen molar-refractivity contribution in [1.82, 2.24) is 4.98 Å². The number of amides is 1. The summed E-state index contributed by atoms with van der Waals surface area (Å²) >= 11 is 7.46. The van der Waals surface area contributed by atoms with Crippen molar-refractivity contribution in [3.8, 4) is 10.6 Å². The molecule has 0 aliphatic carbocycles. The average molecular weight is 357 g/mol. The van der Waals surface area contributed by atoms with Gasteiger partial charge in [-0.15, -0.1) is 11.3 Å². The summed E-state index contributed by atoms with van der Waals surface area (Å²) in [6.45, 7) is 0. The first-order valence-electron chi connectivity index (χ1n) is 7.75. The van der Waals surface area contributed by atoms with Gasteiger partial charge in [-0.3, -0.25) is 4.79 Å². The normalized spacial score (nSPS) is 10.5. The summed E-state index contributed by atoms with van der Waals surface area (Å²) in [5, 5.41) is 6.60. The highest BCUT2D eigenvalue weighted by Crippen LogP contribution is 2.23. The van der Waals surface area contributed by atoms with Crippen molar-refractivity contribution in [2.45, 2.75) is 19.3 Å². The number of carbonyl (C=O) groups excluding carboxylic acids is 1. The minimum atomic E-state index is 0.0333. The van der Waals surface area contributed by atoms with Gasteiger partial charge in [0.25, 0.3) is 0 Å². The number of nitrogens with zero attached hydrogens (tertiary/aromatic N) is 1. The van der Waals surface area contributed by atoms with Crippen LogP contribution in [-0.2, 0) is 11.2 Å². The standard InChI is InChI=1S/C19H17ClN2OS/c20-16-8-4-14(5-9-16)2-1-3-18(23)22-17-10-6-15(7-11-17)19-21-12-13-24-19/h4-13H,1-3H2,(H,22,23). The first-order valence-corrected chi connectivity index (χ1v) is 9.01. The Bertz CT molecular complexity index is 783. The van der Waals surface area contributed by atoms with Crippen LogP contribution in [0.25, 0.3) is 10.6 Å². The van der Waals surface area contributed by atoms with Gasteiger partial charge in [-0.05, 0) is 54.8 Å². The van der Waals surface area contributed by atoms with Gasteiger partial charge in [0.05, 0.1) is 0 Å². The third-order valence-corrected chi connectivity index (χ3v) is 4.70. The summed E-state index contributed by atoms with van der Waals surface area (Å²) in [6, 6.07) is 15.5. The summed E-state index contributed by atoms with van der Waals surface area (Å²) in [4.78, 5) is 16.3. The molecule has 3 rings (SSSR count). The number of hydrogen-bond acceptors (Lipinski definition) is 3. The molecule has 0 radical (unpaired) electrons. The third kappa shape index (κ3) is 4.66. The molecule has 2 aromatic carbocycles. The molecule has 0 saturated carbocycles. The van der Waals surface area contributed by atoms with Gasteiger partial charge in [-0.1, -0.05) is 23.7 Å². The smallest absolute Gasteiger partial charge is 0.224 e. The largest absolute Gasteiger partial charge is 0.326 e. The zero-order valence-electron chi connectivity index (χ0n) is 13.0. The van der Waals surface area contributed by atoms with Gasteiger partial charge in [0.15, 0.2) is 0 Å². The SMILES string of the molecule is O=C(CCCc1ccc(Cl)cc1)Nc1ccc(-c2nccs2)cc1. The van der Waals surface area contributed by atoms with Crippen molar-refractivity contribution >= 4 is 34.5 Å². The fourth-order valence-corrected chi connectivity index (χ4v) is 3.16. The highest BCUT2D eigenvalue weighted by atomic mass is 35.5. The lowest BCUT2D eigenvalue weighted by Crippen LogP contribution is -2.11. The monoisotopic (exact) mass is 356 g/mol. The number of nitrogens with one attached hydrogen (secondary N) is 1. The molecule has 0 unspecified atom stereocenters. The minimum absolute atomic E-state index is 0.0333. The van der Waals surface area contributed by atoms with Gasteiger partial charge in [-0.2, -0.15) is 0 Å². The Morgan fingerprint density at radius 3 is 2.50 bits per heavy atom. The van der Waals surface area contributed by atoms with Crippen molar-refractivity contribution in [2.75, 3.05) is 5.32 Å². The first kappa shape index (κ1) is 16.7. The van der Waals surface area contributed by atoms with E-state index >= 15 is 0 Å². The van der Waals surface area contributed by atoms with Crippen molar-refractivity contribution in [1.29, 1.82) is 0 Å². The molecular formula is C19H17ClN2OS. The number of halogens is 1. The molecule has 122 valence electrons. The quantitative estimate of drug-likeness (QED) is 0.640. The van der Waals surface area contributed by atoms with E-state index in [2.05, 4.69) is 10.3 Å². The summed E-state index contributed by atoms with van der Waals surface area (Å²) < 4.78 is 0. The number of hydrogen-bond donors (Lipinski definition) is 1. The lowest BCUT2D eigenvalue weighted by atomic mass is 10.1. The Morgan fingerprint density at radius 1 is 1.08 bits per heavy atom. The third-order valence-electron chi connectivity index (χ3n) is 3.63. The second-order valence-corrected chi connectivity index (χ2v) is 6.77. The topological polar surface area (TPSA) is 42.0 Å². The van der Waals surface area contributed by atoms with Crippen LogP contribution in [0.4, 0.5) is 5.69 Å². The number of rotatable bonds is 6. The number of thiazole rings is 1. The Balaban J connectivity index is 1.47. The fourth-order valence-electron chi connectivity index (χ4n) is 2.39. The molecule has 24 heavy (non-hydrogen) atoms. The molecule has 0 saturated heterocycles. The second kappa shape index (κ2) is 8.08. The van der Waals surface area contributed by atoms with Gasteiger partial charge >= 0.3 is 0 Å². The van der Waals surface area contributed by atoms with Crippen molar-refractivity contribution in [3.63, 3.8) is 0 Å². The maximum absolute atomic E-state index is 12.0. The van der Waals surface area contributed by atoms with Crippen LogP contribution < -0.4 is 5.32 Å². The van der Waals surface area contributed by atoms with Crippen molar-refractivity contribution in [2.24, 2.45) is 0 Å². The summed E-state index contributed by atoms with van der Waals surface area (Å²) in [5.74, 6) is 0.0333. The van der Waals surface area contributed by atoms with E-state index < -0.39 is 0 Å². The molecule has 3 nitrogen and oxygen atoms in total. The maximum Gasteiger partial charge on any atom is 0.224 e. The van der Waals surface area contributed by atoms with Gasteiger partial charge in [0.2, 0.25) is 5.91 Å². The van der Waals surface area contributed by atoms with Crippen LogP contribution in [0.2, 0.25) is 5.02 Å². The molecule has 1 heterocycles. The minimum Gasteiger partial charge on any atom is -0.326 e. The maximum atomic E-state index is 12.0. The van der Waals surface area contributed by atoms with Crippen LogP contribution >= 0.6 is 22.9 Å². The van der Waals surface area contributed by atoms with E-state index in [1.54, 1.807) is 17.5 Å². The Hall–Kier alpha value is -2.17. The number of anilines is 1. The number of benzene rings is 2. The lowest BCUT2D eigenvalue weighted by molar-refractivity contribution is -0.116. The van der Waals surface area contributed by atoms with E-state index in [0.29, 0.717) is 6.42 Å². The van der Waals surface area contributed by atoms with Crippen LogP contribution in [0.3, 0.4) is 0 Å². The molecule has 0 spiro atoms. The summed E-state index contributed by atoms with van der Waals surface area (Å²) in [6.07, 6.45) is 3.96. The summed E-state index contributed by atoms with van der Waals surface area (Å²) in [7, 11) is 0. The zero-order chi connectivity index (χ0) is 16.8. The van der Waals surface area contributed by atoms with E-state index in [1.165, 1.54) is 5.56 Å². The zero-order valence-corrected chi connectivity index (χ0v) is 14.6. The van der Waals surface area contributed by atoms with Crippen LogP contribution in [0.5, 0.6) is 0 Å². The Labute approximate surface area is 150 Å². The molecule has 5 heteroatoms. The van der Waals surface area contributed by atoms with Crippen LogP contribution in [0.1, 0.15) is 18.4 Å². The fraction of sp³-hybridized carbons (Fsp3) is 0.158. The molecule has 0 atom stereocenters. The molecule has 0 fully saturated rings. The van der Waals surface area contributed by atoms with E-state index in [-0.39, 0.29) is 5.91 Å². The molecule has 0 aliphatic rings. The van der Waals surface area contributed by atoms with Crippen LogP contribution in [-0.4, -0.2) is 10.9 Å². The second-order valence-electron chi connectivity index (χ2n) is 5.44. The van der Waals surface area contributed by atoms with E-state index in [0.717, 1.165) is 34.1 Å². The van der Waals surface area contributed by atoms with Gasteiger partial charge in [0, 0.05) is 34.3 Å². The summed E-state index contributed by atoms with van der Waals surface area (Å²) in [5.41, 5.74) is 3.07. The number of aryl methyl sites for hydroxylation is 1. The van der Waals surface area contributed by atoms with E-state index in [9.17, 15) is 4.79 Å². The van der Waals surface area contributed by atoms with Gasteiger partial charge in [-0.25, -0.2) is 4.98 Å². The van der Waals surface area contributed by atoms with E-state index in [1.807, 2.05) is 53.9 Å². The van der Waals surface area contributed by atoms with Crippen molar-refractivity contribution in [3.05, 3.63) is 70.7 Å². The molecule has 0 bridgehead atoms. The molecule has 0 aliphatic heterocycles. The highest BCUT2D eigenvalue weighted by molar-refractivity contribution is 7.13.